The second-order valence-corrected chi connectivity index (χ2v) is 4.40. The molecule has 2 aromatic rings. The number of carbonyl (C=O) groups excluding carboxylic acids is 2. The zero-order valence-corrected chi connectivity index (χ0v) is 11.8. The van der Waals surface area contributed by atoms with E-state index in [1.807, 2.05) is 0 Å². The maximum atomic E-state index is 12.0. The first kappa shape index (κ1) is 15.4. The third-order valence-corrected chi connectivity index (χ3v) is 2.94. The molecule has 0 saturated heterocycles. The smallest absolute Gasteiger partial charge is 0.342 e. The van der Waals surface area contributed by atoms with Gasteiger partial charge in [0.1, 0.15) is 22.8 Å². The molecule has 0 aliphatic rings. The largest absolute Gasteiger partial charge is 0.508 e. The Kier molecular flexibility index (Phi) is 4.63. The van der Waals surface area contributed by atoms with Crippen LogP contribution < -0.4 is 4.74 Å². The van der Waals surface area contributed by atoms with Crippen LogP contribution in [0.3, 0.4) is 0 Å². The van der Waals surface area contributed by atoms with Crippen LogP contribution in [-0.4, -0.2) is 35.7 Å². The summed E-state index contributed by atoms with van der Waals surface area (Å²) in [6, 6.07) is 10.0. The van der Waals surface area contributed by atoms with E-state index in [0.717, 1.165) is 6.07 Å². The van der Waals surface area contributed by atoms with Crippen molar-refractivity contribution in [2.45, 2.75) is 0 Å². The highest BCUT2D eigenvalue weighted by molar-refractivity contribution is 6.01. The molecule has 0 bridgehead atoms. The number of hydrogen-bond acceptors (Lipinski definition) is 6. The Morgan fingerprint density at radius 3 is 2.45 bits per heavy atom. The fourth-order valence-corrected chi connectivity index (χ4v) is 1.85. The average molecular weight is 302 g/mol. The fourth-order valence-electron chi connectivity index (χ4n) is 1.85. The molecule has 0 saturated carbocycles. The molecule has 6 heteroatoms. The molecule has 2 aromatic carbocycles. The van der Waals surface area contributed by atoms with E-state index < -0.39 is 24.1 Å². The van der Waals surface area contributed by atoms with Crippen LogP contribution >= 0.6 is 0 Å². The number of benzene rings is 2. The summed E-state index contributed by atoms with van der Waals surface area (Å²) in [5.74, 6) is -1.50. The minimum Gasteiger partial charge on any atom is -0.508 e. The molecular weight excluding hydrogens is 288 g/mol. The summed E-state index contributed by atoms with van der Waals surface area (Å²) in [5.41, 5.74) is 0.165. The van der Waals surface area contributed by atoms with Gasteiger partial charge < -0.3 is 19.7 Å². The Morgan fingerprint density at radius 1 is 1.05 bits per heavy atom. The van der Waals surface area contributed by atoms with Gasteiger partial charge in [-0.15, -0.1) is 0 Å². The van der Waals surface area contributed by atoms with Gasteiger partial charge in [0.15, 0.2) is 6.61 Å². The monoisotopic (exact) mass is 302 g/mol. The molecule has 0 amide bonds. The number of rotatable bonds is 5. The summed E-state index contributed by atoms with van der Waals surface area (Å²) in [4.78, 5) is 23.9. The van der Waals surface area contributed by atoms with Crippen LogP contribution in [0.4, 0.5) is 0 Å². The number of aromatic hydroxyl groups is 2. The van der Waals surface area contributed by atoms with E-state index in [1.165, 1.54) is 19.2 Å². The molecule has 114 valence electrons. The maximum Gasteiger partial charge on any atom is 0.342 e. The predicted molar refractivity (Wildman–Crippen MR) is 77.4 cm³/mol. The highest BCUT2D eigenvalue weighted by atomic mass is 16.5. The van der Waals surface area contributed by atoms with Gasteiger partial charge in [-0.1, -0.05) is 12.1 Å². The first-order valence-corrected chi connectivity index (χ1v) is 6.38. The number of ketones is 1. The van der Waals surface area contributed by atoms with Gasteiger partial charge in [0, 0.05) is 6.07 Å². The van der Waals surface area contributed by atoms with Gasteiger partial charge in [-0.2, -0.15) is 0 Å². The molecule has 0 heterocycles. The lowest BCUT2D eigenvalue weighted by molar-refractivity contribution is 0.0471. The molecule has 0 radical (unpaired) electrons. The van der Waals surface area contributed by atoms with E-state index in [1.54, 1.807) is 24.3 Å². The number of carbonyl (C=O) groups is 2. The first-order chi connectivity index (χ1) is 10.5. The molecule has 22 heavy (non-hydrogen) atoms. The van der Waals surface area contributed by atoms with Crippen molar-refractivity contribution >= 4 is 11.8 Å². The predicted octanol–water partition coefficient (Wildman–Crippen LogP) is 2.15. The van der Waals surface area contributed by atoms with E-state index in [2.05, 4.69) is 0 Å². The zero-order chi connectivity index (χ0) is 16.1. The minimum atomic E-state index is -0.860. The van der Waals surface area contributed by atoms with Crippen molar-refractivity contribution in [1.82, 2.24) is 0 Å². The van der Waals surface area contributed by atoms with Gasteiger partial charge in [-0.05, 0) is 24.3 Å². The molecule has 0 fully saturated rings. The van der Waals surface area contributed by atoms with Crippen molar-refractivity contribution in [2.24, 2.45) is 0 Å². The van der Waals surface area contributed by atoms with Crippen molar-refractivity contribution in [1.29, 1.82) is 0 Å². The minimum absolute atomic E-state index is 0.134. The molecule has 0 spiro atoms. The maximum absolute atomic E-state index is 12.0. The van der Waals surface area contributed by atoms with Crippen LogP contribution in [0.1, 0.15) is 20.7 Å². The van der Waals surface area contributed by atoms with Crippen molar-refractivity contribution in [3.63, 3.8) is 0 Å². The number of methoxy groups -OCH3 is 1. The summed E-state index contributed by atoms with van der Waals surface area (Å²) in [6.45, 7) is -0.487. The summed E-state index contributed by atoms with van der Waals surface area (Å²) in [6.07, 6.45) is 0. The molecule has 2 rings (SSSR count). The lowest BCUT2D eigenvalue weighted by Crippen LogP contribution is -2.15. The van der Waals surface area contributed by atoms with Crippen LogP contribution in [0.15, 0.2) is 42.5 Å². The Labute approximate surface area is 126 Å². The SMILES string of the molecule is COc1ccccc1C(=O)COC(=O)c1ccc(O)cc1O. The van der Waals surface area contributed by atoms with Crippen LogP contribution in [0.5, 0.6) is 17.2 Å². The van der Waals surface area contributed by atoms with Crippen molar-refractivity contribution < 1.29 is 29.3 Å². The van der Waals surface area contributed by atoms with Gasteiger partial charge in [0.05, 0.1) is 12.7 Å². The molecular formula is C16H14O6. The summed E-state index contributed by atoms with van der Waals surface area (Å²) >= 11 is 0. The van der Waals surface area contributed by atoms with Crippen LogP contribution in [0.2, 0.25) is 0 Å². The van der Waals surface area contributed by atoms with Gasteiger partial charge in [0.25, 0.3) is 0 Å². The van der Waals surface area contributed by atoms with E-state index in [0.29, 0.717) is 11.3 Å². The van der Waals surface area contributed by atoms with Crippen molar-refractivity contribution in [2.75, 3.05) is 13.7 Å². The van der Waals surface area contributed by atoms with Gasteiger partial charge in [-0.3, -0.25) is 4.79 Å². The highest BCUT2D eigenvalue weighted by Gasteiger charge is 2.17. The Hall–Kier alpha value is -3.02. The molecule has 0 aliphatic heterocycles. The standard InChI is InChI=1S/C16H14O6/c1-21-15-5-3-2-4-11(15)14(19)9-22-16(20)12-7-6-10(17)8-13(12)18/h2-8,17-18H,9H2,1H3. The number of para-hydroxylation sites is 1. The third-order valence-electron chi connectivity index (χ3n) is 2.94. The molecule has 2 N–H and O–H groups in total. The number of ether oxygens (including phenoxy) is 2. The number of Topliss-reactive ketones (excluding diaryl/α,β-unsaturated/α-hetero) is 1. The number of hydrogen-bond donors (Lipinski definition) is 2. The molecule has 6 nitrogen and oxygen atoms in total. The summed E-state index contributed by atoms with van der Waals surface area (Å²) in [7, 11) is 1.44. The Bertz CT molecular complexity index is 708. The van der Waals surface area contributed by atoms with Crippen LogP contribution in [0.25, 0.3) is 0 Å². The van der Waals surface area contributed by atoms with Crippen molar-refractivity contribution in [3.8, 4) is 17.2 Å². The van der Waals surface area contributed by atoms with Crippen LogP contribution in [-0.2, 0) is 4.74 Å². The molecule has 0 atom stereocenters. The number of phenolic OH excluding ortho intramolecular Hbond substituents is 2. The van der Waals surface area contributed by atoms with Crippen molar-refractivity contribution in [3.05, 3.63) is 53.6 Å². The molecule has 0 unspecified atom stereocenters. The van der Waals surface area contributed by atoms with E-state index in [-0.39, 0.29) is 11.3 Å². The van der Waals surface area contributed by atoms with Crippen LogP contribution in [0, 0.1) is 0 Å². The summed E-state index contributed by atoms with van der Waals surface area (Å²) in [5, 5.41) is 18.7. The number of phenols is 2. The van der Waals surface area contributed by atoms with E-state index in [9.17, 15) is 14.7 Å². The molecule has 0 aliphatic carbocycles. The number of esters is 1. The first-order valence-electron chi connectivity index (χ1n) is 6.38. The molecule has 0 aromatic heterocycles. The van der Waals surface area contributed by atoms with Gasteiger partial charge in [-0.25, -0.2) is 4.79 Å². The third kappa shape index (κ3) is 3.35. The highest BCUT2D eigenvalue weighted by Crippen LogP contribution is 2.23. The zero-order valence-electron chi connectivity index (χ0n) is 11.8. The fraction of sp³-hybridized carbons (Fsp3) is 0.125. The van der Waals surface area contributed by atoms with Gasteiger partial charge >= 0.3 is 5.97 Å². The van der Waals surface area contributed by atoms with E-state index >= 15 is 0 Å². The Morgan fingerprint density at radius 2 is 1.77 bits per heavy atom. The topological polar surface area (TPSA) is 93.1 Å². The normalized spacial score (nSPS) is 10.0. The second-order valence-electron chi connectivity index (χ2n) is 4.40. The van der Waals surface area contributed by atoms with E-state index in [4.69, 9.17) is 14.6 Å². The lowest BCUT2D eigenvalue weighted by Gasteiger charge is -2.08. The van der Waals surface area contributed by atoms with Gasteiger partial charge in [0.2, 0.25) is 5.78 Å². The quantitative estimate of drug-likeness (QED) is 0.649. The summed E-state index contributed by atoms with van der Waals surface area (Å²) < 4.78 is 9.94. The average Bonchev–Trinajstić information content (AvgIpc) is 2.52. The second kappa shape index (κ2) is 6.62. The Balaban J connectivity index is 2.06. The lowest BCUT2D eigenvalue weighted by atomic mass is 10.1.